The van der Waals surface area contributed by atoms with Gasteiger partial charge in [-0.1, -0.05) is 18.2 Å². The van der Waals surface area contributed by atoms with E-state index in [1.165, 1.54) is 10.8 Å². The van der Waals surface area contributed by atoms with Crippen LogP contribution in [0.2, 0.25) is 0 Å². The molecule has 0 saturated heterocycles. The number of hydrogen-bond acceptors (Lipinski definition) is 1. The molecule has 0 aliphatic heterocycles. The van der Waals surface area contributed by atoms with Crippen molar-refractivity contribution in [2.24, 2.45) is 0 Å². The van der Waals surface area contributed by atoms with Crippen LogP contribution < -0.4 is 0 Å². The van der Waals surface area contributed by atoms with E-state index in [0.717, 1.165) is 16.6 Å². The molecule has 3 nitrogen and oxygen atoms in total. The average Bonchev–Trinajstić information content (AvgIpc) is 2.84. The SMILES string of the molecule is CC(C)N(C(=N)c1ccc2[nH]c3ccccc3c2c1)C(C)C.Cl.Cl. The summed E-state index contributed by atoms with van der Waals surface area (Å²) < 4.78 is 0. The van der Waals surface area contributed by atoms with Crippen LogP contribution in [0.3, 0.4) is 0 Å². The molecule has 0 fully saturated rings. The monoisotopic (exact) mass is 365 g/mol. The Morgan fingerprint density at radius 2 is 1.46 bits per heavy atom. The Bertz CT molecular complexity index is 829. The van der Waals surface area contributed by atoms with E-state index in [2.05, 4.69) is 67.9 Å². The first kappa shape index (κ1) is 20.3. The summed E-state index contributed by atoms with van der Waals surface area (Å²) in [5.41, 5.74) is 3.24. The van der Waals surface area contributed by atoms with Crippen LogP contribution in [0, 0.1) is 5.41 Å². The number of benzene rings is 2. The number of amidine groups is 1. The van der Waals surface area contributed by atoms with Crippen LogP contribution >= 0.6 is 24.8 Å². The van der Waals surface area contributed by atoms with E-state index in [-0.39, 0.29) is 24.8 Å². The second kappa shape index (κ2) is 7.91. The fourth-order valence-electron chi connectivity index (χ4n) is 3.26. The lowest BCUT2D eigenvalue weighted by atomic mass is 10.1. The highest BCUT2D eigenvalue weighted by molar-refractivity contribution is 6.10. The maximum absolute atomic E-state index is 8.60. The van der Waals surface area contributed by atoms with Gasteiger partial charge >= 0.3 is 0 Å². The molecule has 0 atom stereocenters. The maximum Gasteiger partial charge on any atom is 0.128 e. The second-order valence-corrected chi connectivity index (χ2v) is 6.37. The third kappa shape index (κ3) is 3.52. The minimum absolute atomic E-state index is 0. The Morgan fingerprint density at radius 1 is 0.875 bits per heavy atom. The van der Waals surface area contributed by atoms with Gasteiger partial charge in [-0.3, -0.25) is 5.41 Å². The van der Waals surface area contributed by atoms with Gasteiger partial charge in [0.1, 0.15) is 5.84 Å². The van der Waals surface area contributed by atoms with Crippen molar-refractivity contribution >= 4 is 52.5 Å². The number of para-hydroxylation sites is 1. The lowest BCUT2D eigenvalue weighted by Gasteiger charge is -2.33. The van der Waals surface area contributed by atoms with Crippen LogP contribution in [-0.2, 0) is 0 Å². The fourth-order valence-corrected chi connectivity index (χ4v) is 3.26. The van der Waals surface area contributed by atoms with Crippen LogP contribution in [0.4, 0.5) is 0 Å². The van der Waals surface area contributed by atoms with Crippen LogP contribution in [0.5, 0.6) is 0 Å². The predicted octanol–water partition coefficient (Wildman–Crippen LogP) is 5.61. The zero-order chi connectivity index (χ0) is 15.9. The lowest BCUT2D eigenvalue weighted by Crippen LogP contribution is -2.42. The molecule has 0 aliphatic carbocycles. The topological polar surface area (TPSA) is 42.9 Å². The average molecular weight is 366 g/mol. The minimum Gasteiger partial charge on any atom is -0.355 e. The summed E-state index contributed by atoms with van der Waals surface area (Å²) in [6.45, 7) is 8.55. The zero-order valence-corrected chi connectivity index (χ0v) is 16.1. The summed E-state index contributed by atoms with van der Waals surface area (Å²) in [5.74, 6) is 0.595. The Morgan fingerprint density at radius 3 is 2.08 bits per heavy atom. The van der Waals surface area contributed by atoms with Crippen molar-refractivity contribution in [2.45, 2.75) is 39.8 Å². The van der Waals surface area contributed by atoms with Crippen LogP contribution in [0.15, 0.2) is 42.5 Å². The van der Waals surface area contributed by atoms with Crippen molar-refractivity contribution in [3.63, 3.8) is 0 Å². The van der Waals surface area contributed by atoms with Crippen molar-refractivity contribution in [1.82, 2.24) is 9.88 Å². The van der Waals surface area contributed by atoms with Gasteiger partial charge in [0.25, 0.3) is 0 Å². The number of fused-ring (bicyclic) bond motifs is 3. The number of H-pyrrole nitrogens is 1. The van der Waals surface area contributed by atoms with Gasteiger partial charge in [0.05, 0.1) is 0 Å². The van der Waals surface area contributed by atoms with Gasteiger partial charge in [-0.2, -0.15) is 0 Å². The third-order valence-electron chi connectivity index (χ3n) is 4.15. The van der Waals surface area contributed by atoms with Gasteiger partial charge in [-0.15, -0.1) is 24.8 Å². The Labute approximate surface area is 155 Å². The normalized spacial score (nSPS) is 10.8. The van der Waals surface area contributed by atoms with E-state index in [1.54, 1.807) is 0 Å². The van der Waals surface area contributed by atoms with Crippen molar-refractivity contribution in [3.8, 4) is 0 Å². The van der Waals surface area contributed by atoms with Crippen LogP contribution in [-0.4, -0.2) is 27.8 Å². The molecular formula is C19H25Cl2N3. The molecular weight excluding hydrogens is 341 g/mol. The number of aromatic nitrogens is 1. The molecule has 2 aromatic carbocycles. The van der Waals surface area contributed by atoms with Crippen LogP contribution in [0.1, 0.15) is 33.3 Å². The van der Waals surface area contributed by atoms with E-state index in [4.69, 9.17) is 5.41 Å². The number of aromatic amines is 1. The van der Waals surface area contributed by atoms with Gasteiger partial charge in [0.15, 0.2) is 0 Å². The molecule has 2 N–H and O–H groups in total. The molecule has 5 heteroatoms. The van der Waals surface area contributed by atoms with Crippen molar-refractivity contribution in [3.05, 3.63) is 48.0 Å². The van der Waals surface area contributed by atoms with Gasteiger partial charge in [-0.25, -0.2) is 0 Å². The number of nitrogens with zero attached hydrogens (tertiary/aromatic N) is 1. The molecule has 0 bridgehead atoms. The summed E-state index contributed by atoms with van der Waals surface area (Å²) in [6, 6.07) is 15.2. The third-order valence-corrected chi connectivity index (χ3v) is 4.15. The van der Waals surface area contributed by atoms with Gasteiger partial charge in [-0.05, 0) is 52.0 Å². The standard InChI is InChI=1S/C19H23N3.2ClH/c1-12(2)22(13(3)4)19(20)14-9-10-18-16(11-14)15-7-5-6-8-17(15)21-18;;/h5-13,20-21H,1-4H3;2*1H. The highest BCUT2D eigenvalue weighted by Gasteiger charge is 2.19. The van der Waals surface area contributed by atoms with E-state index in [1.807, 2.05) is 12.1 Å². The first-order valence-electron chi connectivity index (χ1n) is 7.86. The summed E-state index contributed by atoms with van der Waals surface area (Å²) in [4.78, 5) is 5.58. The van der Waals surface area contributed by atoms with Gasteiger partial charge in [0.2, 0.25) is 0 Å². The minimum atomic E-state index is 0. The van der Waals surface area contributed by atoms with Gasteiger partial charge < -0.3 is 9.88 Å². The largest absolute Gasteiger partial charge is 0.355 e. The summed E-state index contributed by atoms with van der Waals surface area (Å²) in [6.07, 6.45) is 0. The number of nitrogens with one attached hydrogen (secondary N) is 2. The molecule has 0 spiro atoms. The lowest BCUT2D eigenvalue weighted by molar-refractivity contribution is 0.291. The molecule has 0 saturated carbocycles. The van der Waals surface area contributed by atoms with Crippen molar-refractivity contribution in [1.29, 1.82) is 5.41 Å². The number of hydrogen-bond donors (Lipinski definition) is 2. The summed E-state index contributed by atoms with van der Waals surface area (Å²) in [5, 5.41) is 11.0. The maximum atomic E-state index is 8.60. The highest BCUT2D eigenvalue weighted by Crippen LogP contribution is 2.26. The molecule has 0 unspecified atom stereocenters. The smallest absolute Gasteiger partial charge is 0.128 e. The van der Waals surface area contributed by atoms with Crippen LogP contribution in [0.25, 0.3) is 21.8 Å². The Kier molecular flexibility index (Phi) is 6.70. The first-order valence-corrected chi connectivity index (χ1v) is 7.86. The van der Waals surface area contributed by atoms with E-state index in [9.17, 15) is 0 Å². The highest BCUT2D eigenvalue weighted by atomic mass is 35.5. The molecule has 24 heavy (non-hydrogen) atoms. The molecule has 0 radical (unpaired) electrons. The summed E-state index contributed by atoms with van der Waals surface area (Å²) in [7, 11) is 0. The predicted molar refractivity (Wildman–Crippen MR) is 109 cm³/mol. The molecule has 0 amide bonds. The second-order valence-electron chi connectivity index (χ2n) is 6.37. The van der Waals surface area contributed by atoms with Crippen molar-refractivity contribution < 1.29 is 0 Å². The molecule has 0 aliphatic rings. The molecule has 130 valence electrons. The van der Waals surface area contributed by atoms with E-state index >= 15 is 0 Å². The molecule has 1 aromatic heterocycles. The van der Waals surface area contributed by atoms with E-state index < -0.39 is 0 Å². The summed E-state index contributed by atoms with van der Waals surface area (Å²) >= 11 is 0. The first-order chi connectivity index (χ1) is 10.5. The molecule has 1 heterocycles. The molecule has 3 aromatic rings. The number of halogens is 2. The molecule has 3 rings (SSSR count). The fraction of sp³-hybridized carbons (Fsp3) is 0.316. The van der Waals surface area contributed by atoms with E-state index in [0.29, 0.717) is 17.9 Å². The van der Waals surface area contributed by atoms with Gasteiger partial charge in [0, 0.05) is 39.5 Å². The van der Waals surface area contributed by atoms with Crippen molar-refractivity contribution in [2.75, 3.05) is 0 Å². The number of rotatable bonds is 3. The zero-order valence-electron chi connectivity index (χ0n) is 14.5. The Hall–Kier alpha value is -1.71. The quantitative estimate of drug-likeness (QED) is 0.459. The Balaban J connectivity index is 0.00000144.